The molecule has 1 aliphatic rings. The van der Waals surface area contributed by atoms with Crippen LogP contribution in [0.2, 0.25) is 0 Å². The second-order valence-electron chi connectivity index (χ2n) is 6.78. The van der Waals surface area contributed by atoms with E-state index in [4.69, 9.17) is 9.47 Å². The molecule has 0 saturated carbocycles. The first kappa shape index (κ1) is 19.8. The molecule has 1 aromatic heterocycles. The summed E-state index contributed by atoms with van der Waals surface area (Å²) in [5.74, 6) is 2.25. The minimum absolute atomic E-state index is 0.00236. The molecule has 5 nitrogen and oxygen atoms in total. The molecule has 0 N–H and O–H groups in total. The number of thiazole rings is 1. The SMILES string of the molecule is Cc1nc(CSc2ccccc2C(=O)N(C)Cc2ccc3c(c2)OCCO3)cs1. The fourth-order valence-electron chi connectivity index (χ4n) is 3.13. The number of aromatic nitrogens is 1. The monoisotopic (exact) mass is 426 g/mol. The minimum atomic E-state index is -0.00236. The number of rotatable bonds is 6. The molecule has 2 aromatic carbocycles. The number of ether oxygens (including phenoxy) is 2. The Bertz CT molecular complexity index is 1020. The highest BCUT2D eigenvalue weighted by Gasteiger charge is 2.18. The molecule has 29 heavy (non-hydrogen) atoms. The lowest BCUT2D eigenvalue weighted by Crippen LogP contribution is -2.26. The van der Waals surface area contributed by atoms with Crippen molar-refractivity contribution in [1.82, 2.24) is 9.88 Å². The molecular formula is C22H22N2O3S2. The van der Waals surface area contributed by atoms with Crippen LogP contribution in [0.1, 0.15) is 26.6 Å². The number of benzene rings is 2. The lowest BCUT2D eigenvalue weighted by atomic mass is 10.1. The summed E-state index contributed by atoms with van der Waals surface area (Å²) >= 11 is 3.29. The molecule has 4 rings (SSSR count). The van der Waals surface area contributed by atoms with E-state index < -0.39 is 0 Å². The minimum Gasteiger partial charge on any atom is -0.486 e. The summed E-state index contributed by atoms with van der Waals surface area (Å²) in [5, 5.41) is 3.13. The average molecular weight is 427 g/mol. The number of hydrogen-bond donors (Lipinski definition) is 0. The number of amides is 1. The highest BCUT2D eigenvalue weighted by molar-refractivity contribution is 7.98. The summed E-state index contributed by atoms with van der Waals surface area (Å²) in [5.41, 5.74) is 2.77. The third-order valence-electron chi connectivity index (χ3n) is 4.53. The van der Waals surface area contributed by atoms with Gasteiger partial charge in [0.25, 0.3) is 5.91 Å². The Morgan fingerprint density at radius 3 is 2.76 bits per heavy atom. The third-order valence-corrected chi connectivity index (χ3v) is 6.46. The number of aryl methyl sites for hydroxylation is 1. The molecule has 150 valence electrons. The van der Waals surface area contributed by atoms with Crippen molar-refractivity contribution in [2.24, 2.45) is 0 Å². The van der Waals surface area contributed by atoms with Gasteiger partial charge in [-0.25, -0.2) is 4.98 Å². The van der Waals surface area contributed by atoms with E-state index in [1.165, 1.54) is 0 Å². The van der Waals surface area contributed by atoms with Crippen LogP contribution in [0.25, 0.3) is 0 Å². The second kappa shape index (κ2) is 8.88. The van der Waals surface area contributed by atoms with Crippen LogP contribution >= 0.6 is 23.1 Å². The van der Waals surface area contributed by atoms with Gasteiger partial charge < -0.3 is 14.4 Å². The number of carbonyl (C=O) groups is 1. The first-order chi connectivity index (χ1) is 14.1. The van der Waals surface area contributed by atoms with Crippen molar-refractivity contribution in [3.8, 4) is 11.5 Å². The first-order valence-corrected chi connectivity index (χ1v) is 11.2. The first-order valence-electron chi connectivity index (χ1n) is 9.37. The maximum absolute atomic E-state index is 13.1. The largest absolute Gasteiger partial charge is 0.486 e. The Kier molecular flexibility index (Phi) is 6.06. The van der Waals surface area contributed by atoms with Gasteiger partial charge in [0, 0.05) is 29.6 Å². The maximum Gasteiger partial charge on any atom is 0.255 e. The van der Waals surface area contributed by atoms with Crippen molar-refractivity contribution < 1.29 is 14.3 Å². The number of hydrogen-bond acceptors (Lipinski definition) is 6. The zero-order valence-corrected chi connectivity index (χ0v) is 18.0. The van der Waals surface area contributed by atoms with Gasteiger partial charge in [-0.1, -0.05) is 18.2 Å². The van der Waals surface area contributed by atoms with E-state index in [1.54, 1.807) is 28.0 Å². The number of carbonyl (C=O) groups excluding carboxylic acids is 1. The van der Waals surface area contributed by atoms with Crippen molar-refractivity contribution in [2.45, 2.75) is 24.1 Å². The molecule has 1 amide bonds. The molecule has 0 aliphatic carbocycles. The molecule has 2 heterocycles. The van der Waals surface area contributed by atoms with Gasteiger partial charge in [0.15, 0.2) is 11.5 Å². The molecule has 3 aromatic rings. The van der Waals surface area contributed by atoms with Crippen molar-refractivity contribution in [1.29, 1.82) is 0 Å². The number of fused-ring (bicyclic) bond motifs is 1. The summed E-state index contributed by atoms with van der Waals surface area (Å²) in [6.45, 7) is 3.62. The van der Waals surface area contributed by atoms with Crippen LogP contribution < -0.4 is 9.47 Å². The van der Waals surface area contributed by atoms with E-state index in [1.807, 2.05) is 56.4 Å². The van der Waals surface area contributed by atoms with Crippen molar-refractivity contribution in [3.05, 3.63) is 69.7 Å². The molecular weight excluding hydrogens is 404 g/mol. The van der Waals surface area contributed by atoms with E-state index in [0.717, 1.165) is 38.4 Å². The summed E-state index contributed by atoms with van der Waals surface area (Å²) in [6, 6.07) is 13.6. The summed E-state index contributed by atoms with van der Waals surface area (Å²) in [7, 11) is 1.82. The number of nitrogens with zero attached hydrogens (tertiary/aromatic N) is 2. The fourth-order valence-corrected chi connectivity index (χ4v) is 4.79. The van der Waals surface area contributed by atoms with Gasteiger partial charge in [0.1, 0.15) is 13.2 Å². The van der Waals surface area contributed by atoms with Crippen LogP contribution in [0.15, 0.2) is 52.7 Å². The number of thioether (sulfide) groups is 1. The molecule has 7 heteroatoms. The Morgan fingerprint density at radius 1 is 1.17 bits per heavy atom. The molecule has 0 bridgehead atoms. The van der Waals surface area contributed by atoms with Gasteiger partial charge in [-0.05, 0) is 36.8 Å². The van der Waals surface area contributed by atoms with Crippen LogP contribution in [0.3, 0.4) is 0 Å². The van der Waals surface area contributed by atoms with Crippen molar-refractivity contribution >= 4 is 29.0 Å². The summed E-state index contributed by atoms with van der Waals surface area (Å²) < 4.78 is 11.2. The molecule has 0 radical (unpaired) electrons. The Labute approximate surface area is 178 Å². The van der Waals surface area contributed by atoms with Gasteiger partial charge >= 0.3 is 0 Å². The fraction of sp³-hybridized carbons (Fsp3) is 0.273. The molecule has 0 spiro atoms. The zero-order valence-electron chi connectivity index (χ0n) is 16.4. The lowest BCUT2D eigenvalue weighted by Gasteiger charge is -2.22. The van der Waals surface area contributed by atoms with E-state index in [-0.39, 0.29) is 5.91 Å². The molecule has 0 atom stereocenters. The van der Waals surface area contributed by atoms with Crippen molar-refractivity contribution in [2.75, 3.05) is 20.3 Å². The van der Waals surface area contributed by atoms with Gasteiger partial charge in [0.05, 0.1) is 16.3 Å². The van der Waals surface area contributed by atoms with Crippen LogP contribution in [0, 0.1) is 6.92 Å². The van der Waals surface area contributed by atoms with Gasteiger partial charge in [0.2, 0.25) is 0 Å². The Morgan fingerprint density at radius 2 is 1.97 bits per heavy atom. The van der Waals surface area contributed by atoms with Gasteiger partial charge in [-0.3, -0.25) is 4.79 Å². The van der Waals surface area contributed by atoms with E-state index in [0.29, 0.717) is 25.3 Å². The standard InChI is InChI=1S/C22H22N2O3S2/c1-15-23-17(13-28-15)14-29-21-6-4-3-5-18(21)22(25)24(2)12-16-7-8-19-20(11-16)27-10-9-26-19/h3-8,11,13H,9-10,12,14H2,1-2H3. The van der Waals surface area contributed by atoms with Crippen LogP contribution in [-0.2, 0) is 12.3 Å². The normalized spacial score (nSPS) is 12.6. The molecule has 0 unspecified atom stereocenters. The average Bonchev–Trinajstić information content (AvgIpc) is 3.17. The van der Waals surface area contributed by atoms with E-state index >= 15 is 0 Å². The van der Waals surface area contributed by atoms with E-state index in [9.17, 15) is 4.79 Å². The lowest BCUT2D eigenvalue weighted by molar-refractivity contribution is 0.0781. The Hall–Kier alpha value is -2.51. The summed E-state index contributed by atoms with van der Waals surface area (Å²) in [6.07, 6.45) is 0. The maximum atomic E-state index is 13.1. The highest BCUT2D eigenvalue weighted by atomic mass is 32.2. The predicted octanol–water partition coefficient (Wildman–Crippen LogP) is 4.79. The van der Waals surface area contributed by atoms with Crippen LogP contribution in [0.4, 0.5) is 0 Å². The predicted molar refractivity (Wildman–Crippen MR) is 116 cm³/mol. The third kappa shape index (κ3) is 4.74. The molecule has 0 fully saturated rings. The van der Waals surface area contributed by atoms with Crippen LogP contribution in [-0.4, -0.2) is 36.1 Å². The van der Waals surface area contributed by atoms with Gasteiger partial charge in [-0.15, -0.1) is 23.1 Å². The Balaban J connectivity index is 1.46. The molecule has 1 aliphatic heterocycles. The molecule has 0 saturated heterocycles. The second-order valence-corrected chi connectivity index (χ2v) is 8.86. The van der Waals surface area contributed by atoms with Crippen LogP contribution in [0.5, 0.6) is 11.5 Å². The smallest absolute Gasteiger partial charge is 0.255 e. The summed E-state index contributed by atoms with van der Waals surface area (Å²) in [4.78, 5) is 20.3. The van der Waals surface area contributed by atoms with Gasteiger partial charge in [-0.2, -0.15) is 0 Å². The quantitative estimate of drug-likeness (QED) is 0.531. The van der Waals surface area contributed by atoms with E-state index in [2.05, 4.69) is 10.4 Å². The topological polar surface area (TPSA) is 51.7 Å². The highest BCUT2D eigenvalue weighted by Crippen LogP contribution is 2.32. The van der Waals surface area contributed by atoms with Crippen molar-refractivity contribution in [3.63, 3.8) is 0 Å². The zero-order chi connectivity index (χ0) is 20.2.